The SMILES string of the molecule is CC[C@H]1OC(=O)[C@H](C)[C@@H](O[C@H]2C[C@@](C)(OC)[C@@H](O)[C@H](C)O2)C[C@@H](O[C@@H]2O[C@H](C)C[C@H](N(C)CCc3cn(C[C@H]4CN(c5ccc(-n6ccnn6)c(F)c5)C(=O)O4)nn3)[C@H]2O)[C@](C)(O)C[C@@H](C)CN(C)[C@H](C)[C@@H](O)[C@]1(C)O. The van der Waals surface area contributed by atoms with E-state index in [2.05, 4.69) is 20.6 Å². The molecule has 426 valence electrons. The topological polar surface area (TPSA) is 271 Å². The first-order valence-corrected chi connectivity index (χ1v) is 26.5. The lowest BCUT2D eigenvalue weighted by Crippen LogP contribution is -2.59. The molecule has 1 aromatic carbocycles. The Morgan fingerprint density at radius 1 is 0.947 bits per heavy atom. The van der Waals surface area contributed by atoms with E-state index in [1.54, 1.807) is 58.5 Å². The molecule has 1 amide bonds. The number of likely N-dealkylation sites (N-methyl/N-ethyl adjacent to an activating group) is 2. The number of rotatable bonds is 14. The number of carbonyl (C=O) groups excluding carboxylic acids is 2. The monoisotopic (exact) mass is 1080 g/mol. The van der Waals surface area contributed by atoms with Crippen molar-refractivity contribution >= 4 is 17.7 Å². The minimum Gasteiger partial charge on any atom is -0.459 e. The summed E-state index contributed by atoms with van der Waals surface area (Å²) in [7, 11) is 5.19. The number of aliphatic hydroxyl groups excluding tert-OH is 3. The molecule has 4 saturated heterocycles. The Kier molecular flexibility index (Phi) is 19.0. The predicted octanol–water partition coefficient (Wildman–Crippen LogP) is 2.60. The van der Waals surface area contributed by atoms with Gasteiger partial charge in [0.15, 0.2) is 18.4 Å². The summed E-state index contributed by atoms with van der Waals surface area (Å²) in [5.74, 6) is -2.59. The number of hydrogen-bond donors (Lipinski definition) is 5. The summed E-state index contributed by atoms with van der Waals surface area (Å²) in [6.07, 6.45) is -5.52. The lowest BCUT2D eigenvalue weighted by atomic mass is 9.83. The number of amides is 1. The maximum absolute atomic E-state index is 15.0. The standard InChI is InChI=1S/C52H82FN9O14/c1-13-41-52(9,69)45(64)32(5)59(11)25-29(2)23-50(7,68)42(22-40(31(4)47(66)75-41)74-43-24-51(8,70-12)46(65)33(6)72-43)76-48-44(63)39(20-30(3)71-48)58(10)18-16-34-26-60(57-55-34)27-36-28-61(49(67)73-36)35-14-15-38(37(53)21-35)62-19-17-54-56-62/h14-15,17,19,21,26,29-33,36,39-46,48,63-65,68-69H,13,16,18,20,22-25,27-28H2,1-12H3/t29-,30-,31-,32-,33+,36+,39+,40+,41-,42-,43+,44-,45-,46+,48+,50-,51-,52-/m1/s1. The van der Waals surface area contributed by atoms with Gasteiger partial charge in [0.1, 0.15) is 41.8 Å². The van der Waals surface area contributed by atoms with Gasteiger partial charge >= 0.3 is 12.1 Å². The van der Waals surface area contributed by atoms with Crippen molar-refractivity contribution in [3.63, 3.8) is 0 Å². The highest BCUT2D eigenvalue weighted by Gasteiger charge is 2.51. The molecule has 24 heteroatoms. The Labute approximate surface area is 444 Å². The third-order valence-electron chi connectivity index (χ3n) is 16.2. The molecule has 76 heavy (non-hydrogen) atoms. The van der Waals surface area contributed by atoms with Gasteiger partial charge in [-0.3, -0.25) is 9.69 Å². The number of benzene rings is 1. The Morgan fingerprint density at radius 2 is 1.68 bits per heavy atom. The number of carbonyl (C=O) groups is 2. The van der Waals surface area contributed by atoms with Crippen molar-refractivity contribution in [2.24, 2.45) is 11.8 Å². The molecular formula is C52H82FN9O14. The molecule has 0 saturated carbocycles. The Morgan fingerprint density at radius 3 is 2.36 bits per heavy atom. The van der Waals surface area contributed by atoms with Crippen LogP contribution in [-0.4, -0.2) is 215 Å². The van der Waals surface area contributed by atoms with Crippen LogP contribution < -0.4 is 4.90 Å². The van der Waals surface area contributed by atoms with Crippen molar-refractivity contribution in [1.29, 1.82) is 0 Å². The van der Waals surface area contributed by atoms with E-state index in [0.717, 1.165) is 0 Å². The molecule has 0 unspecified atom stereocenters. The first-order valence-electron chi connectivity index (χ1n) is 26.5. The number of halogens is 1. The molecular weight excluding hydrogens is 994 g/mol. The van der Waals surface area contributed by atoms with Gasteiger partial charge < -0.3 is 68.5 Å². The van der Waals surface area contributed by atoms with Crippen molar-refractivity contribution in [1.82, 2.24) is 39.8 Å². The van der Waals surface area contributed by atoms with E-state index in [-0.39, 0.29) is 50.4 Å². The fourth-order valence-corrected chi connectivity index (χ4v) is 11.3. The van der Waals surface area contributed by atoms with Crippen LogP contribution in [0.4, 0.5) is 14.9 Å². The van der Waals surface area contributed by atoms with E-state index in [0.29, 0.717) is 37.3 Å². The molecule has 4 aliphatic heterocycles. The lowest BCUT2D eigenvalue weighted by molar-refractivity contribution is -0.308. The Balaban J connectivity index is 1.06. The molecule has 0 aliphatic carbocycles. The number of cyclic esters (lactones) is 2. The second kappa shape index (κ2) is 24.4. The van der Waals surface area contributed by atoms with Gasteiger partial charge in [-0.2, -0.15) is 0 Å². The van der Waals surface area contributed by atoms with Gasteiger partial charge in [0.05, 0.1) is 78.4 Å². The minimum atomic E-state index is -1.85. The molecule has 2 aromatic heterocycles. The van der Waals surface area contributed by atoms with E-state index in [4.69, 9.17) is 33.2 Å². The van der Waals surface area contributed by atoms with E-state index in [1.165, 1.54) is 48.1 Å². The smallest absolute Gasteiger partial charge is 0.414 e. The van der Waals surface area contributed by atoms with Crippen molar-refractivity contribution in [3.05, 3.63) is 48.3 Å². The number of aliphatic hydroxyl groups is 5. The highest BCUT2D eigenvalue weighted by molar-refractivity contribution is 5.89. The largest absolute Gasteiger partial charge is 0.459 e. The first-order chi connectivity index (χ1) is 35.7. The highest BCUT2D eigenvalue weighted by atomic mass is 19.1. The van der Waals surface area contributed by atoms with Gasteiger partial charge in [0.2, 0.25) is 0 Å². The molecule has 0 radical (unpaired) electrons. The van der Waals surface area contributed by atoms with Crippen LogP contribution in [0.25, 0.3) is 5.69 Å². The van der Waals surface area contributed by atoms with Crippen LogP contribution in [0.15, 0.2) is 36.8 Å². The summed E-state index contributed by atoms with van der Waals surface area (Å²) in [6.45, 7) is 16.7. The number of esters is 1. The summed E-state index contributed by atoms with van der Waals surface area (Å²) < 4.78 is 61.4. The maximum Gasteiger partial charge on any atom is 0.414 e. The summed E-state index contributed by atoms with van der Waals surface area (Å²) in [5.41, 5.74) is -3.39. The van der Waals surface area contributed by atoms with Crippen LogP contribution in [0, 0.1) is 17.7 Å². The average molecular weight is 1080 g/mol. The van der Waals surface area contributed by atoms with Crippen molar-refractivity contribution in [2.45, 2.75) is 204 Å². The minimum absolute atomic E-state index is 0.0853. The Bertz CT molecular complexity index is 2380. The number of anilines is 1. The van der Waals surface area contributed by atoms with Gasteiger partial charge in [-0.1, -0.05) is 24.3 Å². The number of aromatic nitrogens is 6. The summed E-state index contributed by atoms with van der Waals surface area (Å²) >= 11 is 0. The van der Waals surface area contributed by atoms with Gasteiger partial charge in [-0.15, -0.1) is 10.2 Å². The Hall–Kier alpha value is -4.31. The van der Waals surface area contributed by atoms with E-state index in [1.807, 2.05) is 37.7 Å². The summed E-state index contributed by atoms with van der Waals surface area (Å²) in [6, 6.07) is 3.30. The number of hydrogen-bond acceptors (Lipinski definition) is 20. The van der Waals surface area contributed by atoms with Gasteiger partial charge in [-0.25, -0.2) is 18.5 Å². The van der Waals surface area contributed by atoms with Crippen LogP contribution >= 0.6 is 0 Å². The van der Waals surface area contributed by atoms with Crippen LogP contribution in [0.1, 0.15) is 100 Å². The first kappa shape index (κ1) is 59.4. The molecule has 0 spiro atoms. The molecule has 18 atom stereocenters. The van der Waals surface area contributed by atoms with Gasteiger partial charge in [-0.05, 0) is 106 Å². The zero-order valence-corrected chi connectivity index (χ0v) is 46.0. The quantitative estimate of drug-likeness (QED) is 0.145. The highest BCUT2D eigenvalue weighted by Crippen LogP contribution is 2.38. The molecule has 4 aliphatic rings. The van der Waals surface area contributed by atoms with Crippen molar-refractivity contribution in [2.75, 3.05) is 45.7 Å². The van der Waals surface area contributed by atoms with E-state index < -0.39 is 120 Å². The molecule has 23 nitrogen and oxygen atoms in total. The molecule has 6 heterocycles. The summed E-state index contributed by atoms with van der Waals surface area (Å²) in [4.78, 5) is 32.5. The summed E-state index contributed by atoms with van der Waals surface area (Å²) in [5, 5.41) is 75.6. The number of ether oxygens (including phenoxy) is 7. The molecule has 3 aromatic rings. The zero-order chi connectivity index (χ0) is 55.6. The molecule has 4 fully saturated rings. The second-order valence-corrected chi connectivity index (χ2v) is 22.5. The van der Waals surface area contributed by atoms with Crippen LogP contribution in [0.2, 0.25) is 0 Å². The van der Waals surface area contributed by atoms with E-state index in [9.17, 15) is 35.1 Å². The normalized spacial score (nSPS) is 38.7. The van der Waals surface area contributed by atoms with Crippen LogP contribution in [0.5, 0.6) is 0 Å². The van der Waals surface area contributed by atoms with Crippen molar-refractivity contribution in [3.8, 4) is 5.69 Å². The average Bonchev–Trinajstić information content (AvgIpc) is 4.15. The second-order valence-electron chi connectivity index (χ2n) is 22.5. The lowest BCUT2D eigenvalue weighted by Gasteiger charge is -2.47. The van der Waals surface area contributed by atoms with Gasteiger partial charge in [0.25, 0.3) is 0 Å². The zero-order valence-electron chi connectivity index (χ0n) is 46.0. The van der Waals surface area contributed by atoms with Crippen LogP contribution in [-0.2, 0) is 50.9 Å². The molecule has 7 rings (SSSR count). The van der Waals surface area contributed by atoms with Crippen LogP contribution in [0.3, 0.4) is 0 Å². The van der Waals surface area contributed by atoms with Gasteiger partial charge in [0, 0.05) is 57.7 Å². The third kappa shape index (κ3) is 13.4. The number of methoxy groups -OCH3 is 1. The fraction of sp³-hybridized carbons (Fsp3) is 0.769. The fourth-order valence-electron chi connectivity index (χ4n) is 11.3. The number of nitrogens with zero attached hydrogens (tertiary/aromatic N) is 9. The third-order valence-corrected chi connectivity index (χ3v) is 16.2. The van der Waals surface area contributed by atoms with Crippen molar-refractivity contribution < 1.29 is 72.7 Å². The molecule has 5 N–H and O–H groups in total. The maximum atomic E-state index is 15.0. The molecule has 0 bridgehead atoms. The predicted molar refractivity (Wildman–Crippen MR) is 271 cm³/mol. The van der Waals surface area contributed by atoms with E-state index >= 15 is 4.39 Å².